The number of likely N-dealkylation sites (tertiary alicyclic amines) is 2. The summed E-state index contributed by atoms with van der Waals surface area (Å²) in [5.74, 6) is 0.212. The Balaban J connectivity index is 0.847. The van der Waals surface area contributed by atoms with Crippen LogP contribution in [0.5, 0.6) is 0 Å². The Labute approximate surface area is 387 Å². The highest BCUT2D eigenvalue weighted by molar-refractivity contribution is 9.10. The number of hydrogen-bond acceptors (Lipinski definition) is 9. The maximum absolute atomic E-state index is 14.4. The monoisotopic (exact) mass is 947 g/mol. The standard InChI is InChI=1S/C50H58BrN7O5S/c1-29(31-12-14-33(15-13-31)43-30(2)52-28-64-43)53-45(61)40-25-35(59)26-57(40)47(63)44(49(3,4)5)54-41(60)27-56-22-18-32(19-23-56)34-16-17-36-39(24-34)58-38-11-9-10-37(51)42(38)46(62)55-48(58)50(36)20-7-6-8-21-50/h9-17,24,28-29,32,35,40,44,59H,6-8,18-23,25-27H2,1-5H3,(H,53,61)(H,54,60)/t29-,35+,40-,44+/m0/s1. The van der Waals surface area contributed by atoms with Gasteiger partial charge in [0.05, 0.1) is 56.8 Å². The van der Waals surface area contributed by atoms with Crippen LogP contribution in [0.3, 0.4) is 0 Å². The molecule has 5 aromatic rings. The van der Waals surface area contributed by atoms with Crippen LogP contribution in [0, 0.1) is 12.3 Å². The molecule has 2 saturated heterocycles. The first-order chi connectivity index (χ1) is 30.6. The minimum absolute atomic E-state index is 0.0158. The third-order valence-corrected chi connectivity index (χ3v) is 15.9. The van der Waals surface area contributed by atoms with Gasteiger partial charge < -0.3 is 20.6 Å². The van der Waals surface area contributed by atoms with E-state index in [1.807, 2.05) is 82.6 Å². The minimum atomic E-state index is -0.901. The number of hydrogen-bond donors (Lipinski definition) is 3. The van der Waals surface area contributed by atoms with Gasteiger partial charge in [0.15, 0.2) is 0 Å². The highest BCUT2D eigenvalue weighted by atomic mass is 79.9. The number of aliphatic hydroxyl groups is 1. The molecule has 3 amide bonds. The van der Waals surface area contributed by atoms with Gasteiger partial charge >= 0.3 is 0 Å². The Bertz CT molecular complexity index is 2660. The molecule has 5 heterocycles. The Morgan fingerprint density at radius 1 is 1.00 bits per heavy atom. The fourth-order valence-electron chi connectivity index (χ4n) is 10.8. The molecular weight excluding hydrogens is 891 g/mol. The van der Waals surface area contributed by atoms with E-state index in [1.165, 1.54) is 22.4 Å². The summed E-state index contributed by atoms with van der Waals surface area (Å²) in [4.78, 5) is 69.3. The molecule has 9 rings (SSSR count). The van der Waals surface area contributed by atoms with E-state index in [-0.39, 0.29) is 54.2 Å². The number of piperidine rings is 1. The zero-order valence-electron chi connectivity index (χ0n) is 37.3. The van der Waals surface area contributed by atoms with E-state index in [1.54, 1.807) is 11.3 Å². The summed E-state index contributed by atoms with van der Waals surface area (Å²) in [6.07, 6.45) is 6.37. The molecule has 2 aromatic heterocycles. The second-order valence-electron chi connectivity index (χ2n) is 19.6. The van der Waals surface area contributed by atoms with Gasteiger partial charge in [-0.15, -0.1) is 11.3 Å². The predicted octanol–water partition coefficient (Wildman–Crippen LogP) is 7.69. The van der Waals surface area contributed by atoms with Crippen molar-refractivity contribution in [1.82, 2.24) is 35.0 Å². The zero-order valence-corrected chi connectivity index (χ0v) is 39.7. The third kappa shape index (κ3) is 8.24. The molecule has 3 aliphatic heterocycles. The van der Waals surface area contributed by atoms with Crippen molar-refractivity contribution in [3.05, 3.63) is 109 Å². The molecule has 14 heteroatoms. The van der Waals surface area contributed by atoms with Crippen molar-refractivity contribution in [2.45, 2.75) is 122 Å². The van der Waals surface area contributed by atoms with E-state index in [9.17, 15) is 24.3 Å². The van der Waals surface area contributed by atoms with Crippen LogP contribution in [0.2, 0.25) is 0 Å². The van der Waals surface area contributed by atoms with Crippen LogP contribution in [0.1, 0.15) is 119 Å². The van der Waals surface area contributed by atoms with Crippen molar-refractivity contribution >= 4 is 55.9 Å². The summed E-state index contributed by atoms with van der Waals surface area (Å²) >= 11 is 5.22. The number of carbonyl (C=O) groups excluding carboxylic acids is 3. The number of fused-ring (bicyclic) bond motifs is 7. The summed E-state index contributed by atoms with van der Waals surface area (Å²) in [6, 6.07) is 18.7. The molecule has 3 N–H and O–H groups in total. The predicted molar refractivity (Wildman–Crippen MR) is 254 cm³/mol. The van der Waals surface area contributed by atoms with E-state index in [4.69, 9.17) is 4.98 Å². The first-order valence-electron chi connectivity index (χ1n) is 22.8. The molecule has 0 unspecified atom stereocenters. The second kappa shape index (κ2) is 17.6. The summed E-state index contributed by atoms with van der Waals surface area (Å²) in [6.45, 7) is 11.2. The number of thiazole rings is 1. The Hall–Kier alpha value is -4.76. The Kier molecular flexibility index (Phi) is 12.2. The first kappa shape index (κ1) is 44.4. The number of nitrogens with zero attached hydrogens (tertiary/aromatic N) is 5. The zero-order chi connectivity index (χ0) is 45.1. The highest BCUT2D eigenvalue weighted by Crippen LogP contribution is 2.52. The van der Waals surface area contributed by atoms with Crippen molar-refractivity contribution in [2.24, 2.45) is 5.41 Å². The molecule has 12 nitrogen and oxygen atoms in total. The van der Waals surface area contributed by atoms with Crippen LogP contribution in [0.15, 0.2) is 75.4 Å². The van der Waals surface area contributed by atoms with Gasteiger partial charge in [0.25, 0.3) is 5.56 Å². The normalized spacial score (nSPS) is 20.8. The molecule has 336 valence electrons. The number of aromatic nitrogens is 3. The second-order valence-corrected chi connectivity index (χ2v) is 21.3. The molecule has 4 atom stereocenters. The number of nitrogens with one attached hydrogen (secondary N) is 2. The molecule has 0 radical (unpaired) electrons. The number of rotatable bonds is 9. The van der Waals surface area contributed by atoms with Crippen LogP contribution in [-0.2, 0) is 19.8 Å². The summed E-state index contributed by atoms with van der Waals surface area (Å²) < 4.78 is 3.00. The molecule has 1 spiro atoms. The average molecular weight is 949 g/mol. The topological polar surface area (TPSA) is 150 Å². The van der Waals surface area contributed by atoms with E-state index in [2.05, 4.69) is 59.2 Å². The number of aliphatic hydroxyl groups excluding tert-OH is 1. The molecule has 1 aliphatic carbocycles. The van der Waals surface area contributed by atoms with Gasteiger partial charge in [0, 0.05) is 17.4 Å². The number of amides is 3. The highest BCUT2D eigenvalue weighted by Gasteiger charge is 2.47. The van der Waals surface area contributed by atoms with Gasteiger partial charge in [-0.2, -0.15) is 4.98 Å². The summed E-state index contributed by atoms with van der Waals surface area (Å²) in [5, 5.41) is 17.5. The summed E-state index contributed by atoms with van der Waals surface area (Å²) in [5.41, 5.74) is 8.20. The van der Waals surface area contributed by atoms with Crippen molar-refractivity contribution in [3.63, 3.8) is 0 Å². The largest absolute Gasteiger partial charge is 0.391 e. The van der Waals surface area contributed by atoms with E-state index in [0.29, 0.717) is 11.3 Å². The molecule has 1 saturated carbocycles. The molecule has 4 aliphatic rings. The number of halogens is 1. The van der Waals surface area contributed by atoms with Gasteiger partial charge in [-0.25, -0.2) is 4.98 Å². The van der Waals surface area contributed by atoms with Crippen LogP contribution < -0.4 is 16.2 Å². The van der Waals surface area contributed by atoms with Crippen molar-refractivity contribution in [2.75, 3.05) is 26.2 Å². The smallest absolute Gasteiger partial charge is 0.281 e. The fraction of sp³-hybridized carbons (Fsp3) is 0.480. The SMILES string of the molecule is Cc1ncsc1-c1ccc([C@H](C)NC(=O)[C@@H]2C[C@@H](O)CN2C(=O)[C@@H](NC(=O)CN2CCC(c3ccc4c(c3)-n3c(nc(=O)c5c(Br)cccc53)C43CCCCC3)CC2)C(C)(C)C)cc1. The summed E-state index contributed by atoms with van der Waals surface area (Å²) in [7, 11) is 0. The first-order valence-corrected chi connectivity index (χ1v) is 24.5. The van der Waals surface area contributed by atoms with Crippen LogP contribution in [-0.4, -0.2) is 91.5 Å². The molecule has 0 bridgehead atoms. The number of benzene rings is 3. The van der Waals surface area contributed by atoms with Crippen molar-refractivity contribution < 1.29 is 19.5 Å². The maximum Gasteiger partial charge on any atom is 0.281 e. The van der Waals surface area contributed by atoms with Gasteiger partial charge in [-0.1, -0.05) is 82.5 Å². The van der Waals surface area contributed by atoms with Gasteiger partial charge in [-0.3, -0.25) is 28.6 Å². The Morgan fingerprint density at radius 3 is 2.42 bits per heavy atom. The molecule has 3 fully saturated rings. The lowest BCUT2D eigenvalue weighted by atomic mass is 9.69. The maximum atomic E-state index is 14.4. The lowest BCUT2D eigenvalue weighted by molar-refractivity contribution is -0.144. The van der Waals surface area contributed by atoms with Gasteiger partial charge in [-0.05, 0) is 120 Å². The molecule has 3 aromatic carbocycles. The van der Waals surface area contributed by atoms with Crippen LogP contribution in [0.25, 0.3) is 27.0 Å². The Morgan fingerprint density at radius 2 is 1.73 bits per heavy atom. The average Bonchev–Trinajstić information content (AvgIpc) is 3.96. The van der Waals surface area contributed by atoms with Gasteiger partial charge in [0.2, 0.25) is 17.7 Å². The lowest BCUT2D eigenvalue weighted by Crippen LogP contribution is -2.59. The number of carbonyl (C=O) groups is 3. The van der Waals surface area contributed by atoms with E-state index >= 15 is 0 Å². The number of aryl methyl sites for hydroxylation is 1. The minimum Gasteiger partial charge on any atom is -0.391 e. The fourth-order valence-corrected chi connectivity index (χ4v) is 12.1. The lowest BCUT2D eigenvalue weighted by Gasteiger charge is -2.37. The quantitative estimate of drug-likeness (QED) is 0.136. The van der Waals surface area contributed by atoms with Crippen LogP contribution in [0.4, 0.5) is 0 Å². The van der Waals surface area contributed by atoms with E-state index < -0.39 is 23.6 Å². The third-order valence-electron chi connectivity index (χ3n) is 14.3. The molecule has 64 heavy (non-hydrogen) atoms. The van der Waals surface area contributed by atoms with Gasteiger partial charge in [0.1, 0.15) is 17.9 Å². The number of β-amino-alcohol motifs (C(OH)–C–C–N with tert-alkyl or cyclic N) is 1. The van der Waals surface area contributed by atoms with E-state index in [0.717, 1.165) is 94.8 Å². The van der Waals surface area contributed by atoms with Crippen molar-refractivity contribution in [3.8, 4) is 16.1 Å². The van der Waals surface area contributed by atoms with Crippen molar-refractivity contribution in [1.29, 1.82) is 0 Å². The van der Waals surface area contributed by atoms with Crippen LogP contribution >= 0.6 is 27.3 Å². The molecular formula is C50H58BrN7O5S.